The van der Waals surface area contributed by atoms with Crippen LogP contribution in [0.5, 0.6) is 0 Å². The highest BCUT2D eigenvalue weighted by molar-refractivity contribution is 7.89. The fourth-order valence-electron chi connectivity index (χ4n) is 1.91. The predicted octanol–water partition coefficient (Wildman–Crippen LogP) is 1.59. The van der Waals surface area contributed by atoms with E-state index in [1.165, 1.54) is 0 Å². The topological polar surface area (TPSA) is 72.2 Å². The second-order valence-corrected chi connectivity index (χ2v) is 7.89. The van der Waals surface area contributed by atoms with Crippen molar-refractivity contribution in [2.75, 3.05) is 0 Å². The van der Waals surface area contributed by atoms with Crippen LogP contribution in [0.4, 0.5) is 0 Å². The van der Waals surface area contributed by atoms with Crippen LogP contribution >= 0.6 is 12.2 Å². The van der Waals surface area contributed by atoms with Crippen molar-refractivity contribution in [3.05, 3.63) is 29.8 Å². The Balaban J connectivity index is 2.11. The predicted molar refractivity (Wildman–Crippen MR) is 79.4 cm³/mol. The highest BCUT2D eigenvalue weighted by Gasteiger charge is 2.47. The van der Waals surface area contributed by atoms with Crippen LogP contribution < -0.4 is 10.5 Å². The first-order valence-corrected chi connectivity index (χ1v) is 7.99. The normalized spacial score (nSPS) is 21.1. The molecule has 1 saturated carbocycles. The summed E-state index contributed by atoms with van der Waals surface area (Å²) in [6, 6.07) is 6.70. The Bertz CT molecular complexity index is 592. The summed E-state index contributed by atoms with van der Waals surface area (Å²) in [5.41, 5.74) is 6.44. The first-order valence-electron chi connectivity index (χ1n) is 6.10. The van der Waals surface area contributed by atoms with E-state index < -0.39 is 10.0 Å². The molecular weight excluding hydrogens is 280 g/mol. The third-order valence-corrected chi connectivity index (χ3v) is 5.05. The summed E-state index contributed by atoms with van der Waals surface area (Å²) in [4.78, 5) is 0.676. The van der Waals surface area contributed by atoms with Crippen LogP contribution in [-0.4, -0.2) is 19.4 Å². The molecule has 0 bridgehead atoms. The van der Waals surface area contributed by atoms with E-state index in [2.05, 4.69) is 4.72 Å². The summed E-state index contributed by atoms with van der Waals surface area (Å²) in [6.07, 6.45) is 1.37. The van der Waals surface area contributed by atoms with Crippen LogP contribution in [0, 0.1) is 5.41 Å². The molecule has 6 heteroatoms. The molecule has 1 aromatic rings. The van der Waals surface area contributed by atoms with Gasteiger partial charge in [0.25, 0.3) is 0 Å². The number of hydrogen-bond acceptors (Lipinski definition) is 3. The first kappa shape index (κ1) is 14.4. The Labute approximate surface area is 119 Å². The van der Waals surface area contributed by atoms with Gasteiger partial charge in [-0.15, -0.1) is 0 Å². The van der Waals surface area contributed by atoms with E-state index in [0.29, 0.717) is 11.4 Å². The molecule has 4 nitrogen and oxygen atoms in total. The molecule has 3 N–H and O–H groups in total. The van der Waals surface area contributed by atoms with E-state index in [1.54, 1.807) is 24.3 Å². The molecule has 0 aromatic heterocycles. The van der Waals surface area contributed by atoms with Crippen LogP contribution in [0.25, 0.3) is 0 Å². The van der Waals surface area contributed by atoms with E-state index in [4.69, 9.17) is 18.0 Å². The zero-order valence-corrected chi connectivity index (χ0v) is 12.6. The molecule has 0 spiro atoms. The average Bonchev–Trinajstić information content (AvgIpc) is 2.84. The number of rotatable bonds is 5. The molecule has 1 atom stereocenters. The van der Waals surface area contributed by atoms with Crippen molar-refractivity contribution in [1.82, 2.24) is 4.72 Å². The zero-order valence-electron chi connectivity index (χ0n) is 11.0. The van der Waals surface area contributed by atoms with Crippen LogP contribution in [0.1, 0.15) is 25.8 Å². The SMILES string of the molecule is CC1(C)CC1NS(=O)(=O)c1ccc(CC(N)=S)cc1. The highest BCUT2D eigenvalue weighted by Crippen LogP contribution is 2.45. The van der Waals surface area contributed by atoms with Crippen molar-refractivity contribution in [1.29, 1.82) is 0 Å². The lowest BCUT2D eigenvalue weighted by atomic mass is 10.1. The Kier molecular flexibility index (Phi) is 3.68. The molecule has 0 radical (unpaired) electrons. The summed E-state index contributed by atoms with van der Waals surface area (Å²) < 4.78 is 27.0. The van der Waals surface area contributed by atoms with E-state index in [1.807, 2.05) is 13.8 Å². The Morgan fingerprint density at radius 3 is 2.37 bits per heavy atom. The standard InChI is InChI=1S/C13H18N2O2S2/c1-13(2)8-11(13)15-19(16,17)10-5-3-9(4-6-10)7-12(14)18/h3-6,11,15H,7-8H2,1-2H3,(H2,14,18). The number of hydrogen-bond donors (Lipinski definition) is 2. The minimum absolute atomic E-state index is 0.0359. The summed E-state index contributed by atoms with van der Waals surface area (Å²) in [5, 5.41) is 0. The van der Waals surface area contributed by atoms with Crippen molar-refractivity contribution < 1.29 is 8.42 Å². The maximum atomic E-state index is 12.1. The highest BCUT2D eigenvalue weighted by atomic mass is 32.2. The van der Waals surface area contributed by atoms with E-state index in [9.17, 15) is 8.42 Å². The fraction of sp³-hybridized carbons (Fsp3) is 0.462. The van der Waals surface area contributed by atoms with Crippen LogP contribution in [0.15, 0.2) is 29.2 Å². The van der Waals surface area contributed by atoms with Crippen LogP contribution in [0.3, 0.4) is 0 Å². The lowest BCUT2D eigenvalue weighted by Gasteiger charge is -2.09. The van der Waals surface area contributed by atoms with Gasteiger partial charge in [-0.3, -0.25) is 0 Å². The second kappa shape index (κ2) is 4.85. The van der Waals surface area contributed by atoms with Gasteiger partial charge in [0.2, 0.25) is 10.0 Å². The molecule has 1 aliphatic rings. The van der Waals surface area contributed by atoms with Crippen molar-refractivity contribution >= 4 is 27.2 Å². The number of sulfonamides is 1. The molecule has 1 unspecified atom stereocenters. The number of nitrogens with two attached hydrogens (primary N) is 1. The minimum Gasteiger partial charge on any atom is -0.393 e. The van der Waals surface area contributed by atoms with Gasteiger partial charge in [0.05, 0.1) is 9.88 Å². The van der Waals surface area contributed by atoms with Gasteiger partial charge >= 0.3 is 0 Å². The molecule has 1 aliphatic carbocycles. The Hall–Kier alpha value is -0.980. The molecule has 0 aliphatic heterocycles. The number of benzene rings is 1. The largest absolute Gasteiger partial charge is 0.393 e. The maximum absolute atomic E-state index is 12.1. The van der Waals surface area contributed by atoms with Crippen molar-refractivity contribution in [2.45, 2.75) is 37.6 Å². The lowest BCUT2D eigenvalue weighted by molar-refractivity contribution is 0.555. The van der Waals surface area contributed by atoms with Gasteiger partial charge in [-0.1, -0.05) is 38.2 Å². The van der Waals surface area contributed by atoms with Crippen molar-refractivity contribution in [2.24, 2.45) is 11.1 Å². The molecule has 1 fully saturated rings. The summed E-state index contributed by atoms with van der Waals surface area (Å²) >= 11 is 4.82. The number of nitrogens with one attached hydrogen (secondary N) is 1. The van der Waals surface area contributed by atoms with Gasteiger partial charge in [-0.25, -0.2) is 13.1 Å². The first-order chi connectivity index (χ1) is 8.71. The van der Waals surface area contributed by atoms with E-state index >= 15 is 0 Å². The van der Waals surface area contributed by atoms with Gasteiger partial charge in [0.1, 0.15) is 0 Å². The van der Waals surface area contributed by atoms with Crippen LogP contribution in [0.2, 0.25) is 0 Å². The molecule has 1 aromatic carbocycles. The van der Waals surface area contributed by atoms with Crippen molar-refractivity contribution in [3.8, 4) is 0 Å². The third kappa shape index (κ3) is 3.52. The third-order valence-electron chi connectivity index (χ3n) is 3.42. The smallest absolute Gasteiger partial charge is 0.240 e. The van der Waals surface area contributed by atoms with Gasteiger partial charge in [-0.05, 0) is 29.5 Å². The average molecular weight is 298 g/mol. The quantitative estimate of drug-likeness (QED) is 0.810. The minimum atomic E-state index is -3.43. The number of thiocarbonyl (C=S) groups is 1. The monoisotopic (exact) mass is 298 g/mol. The molecule has 0 heterocycles. The summed E-state index contributed by atoms with van der Waals surface area (Å²) in [6.45, 7) is 4.09. The van der Waals surface area contributed by atoms with Gasteiger partial charge in [0, 0.05) is 12.5 Å². The lowest BCUT2D eigenvalue weighted by Crippen LogP contribution is -2.28. The van der Waals surface area contributed by atoms with Crippen LogP contribution in [-0.2, 0) is 16.4 Å². The summed E-state index contributed by atoms with van der Waals surface area (Å²) in [7, 11) is -3.43. The second-order valence-electron chi connectivity index (χ2n) is 5.65. The summed E-state index contributed by atoms with van der Waals surface area (Å²) in [5.74, 6) is 0. The molecular formula is C13H18N2O2S2. The molecule has 19 heavy (non-hydrogen) atoms. The maximum Gasteiger partial charge on any atom is 0.240 e. The molecule has 0 amide bonds. The van der Waals surface area contributed by atoms with E-state index in [0.717, 1.165) is 12.0 Å². The van der Waals surface area contributed by atoms with Gasteiger partial charge in [-0.2, -0.15) is 0 Å². The Morgan fingerprint density at radius 2 is 1.95 bits per heavy atom. The fourth-order valence-corrected chi connectivity index (χ4v) is 3.49. The molecule has 0 saturated heterocycles. The van der Waals surface area contributed by atoms with E-state index in [-0.39, 0.29) is 16.4 Å². The molecule has 2 rings (SSSR count). The zero-order chi connectivity index (χ0) is 14.3. The van der Waals surface area contributed by atoms with Gasteiger partial charge < -0.3 is 5.73 Å². The molecule has 104 valence electrons. The Morgan fingerprint density at radius 1 is 1.42 bits per heavy atom. The van der Waals surface area contributed by atoms with Crippen molar-refractivity contribution in [3.63, 3.8) is 0 Å². The van der Waals surface area contributed by atoms with Gasteiger partial charge in [0.15, 0.2) is 0 Å².